The van der Waals surface area contributed by atoms with E-state index in [0.717, 1.165) is 0 Å². The molecule has 0 spiro atoms. The lowest BCUT2D eigenvalue weighted by Crippen LogP contribution is -2.31. The van der Waals surface area contributed by atoms with Crippen molar-refractivity contribution in [2.75, 3.05) is 0 Å². The third-order valence-corrected chi connectivity index (χ3v) is 2.23. The highest BCUT2D eigenvalue weighted by Gasteiger charge is 2.28. The molecule has 1 saturated carbocycles. The van der Waals surface area contributed by atoms with E-state index in [9.17, 15) is 5.11 Å². The first-order chi connectivity index (χ1) is 6.57. The van der Waals surface area contributed by atoms with Gasteiger partial charge in [0, 0.05) is 4.11 Å². The fourth-order valence-electron chi connectivity index (χ4n) is 1.45. The zero-order valence-corrected chi connectivity index (χ0v) is 7.52. The van der Waals surface area contributed by atoms with Crippen LogP contribution < -0.4 is 0 Å². The topological polar surface area (TPSA) is 20.2 Å². The second-order valence-corrected chi connectivity index (χ2v) is 3.61. The summed E-state index contributed by atoms with van der Waals surface area (Å²) in [5.74, 6) is -2.02. The Morgan fingerprint density at radius 1 is 1.55 bits per heavy atom. The Kier molecular flexibility index (Phi) is 1.58. The molecule has 0 amide bonds. The molecule has 0 bridgehead atoms. The third kappa shape index (κ3) is 2.19. The minimum atomic E-state index is -2.33. The summed E-state index contributed by atoms with van der Waals surface area (Å²) >= 11 is 0. The quantitative estimate of drug-likeness (QED) is 0.624. The van der Waals surface area contributed by atoms with Gasteiger partial charge in [-0.05, 0) is 30.5 Å². The van der Waals surface area contributed by atoms with E-state index < -0.39 is 18.3 Å². The fourth-order valence-corrected chi connectivity index (χ4v) is 1.45. The normalized spacial score (nSPS) is 62.8. The average molecular weight is 160 g/mol. The molecule has 3 atom stereocenters. The second kappa shape index (κ2) is 3.57. The minimum Gasteiger partial charge on any atom is -0.393 e. The lowest BCUT2D eigenvalue weighted by molar-refractivity contribution is 0.0266. The van der Waals surface area contributed by atoms with Crippen LogP contribution >= 0.6 is 0 Å². The SMILES string of the molecule is [2H]C1([2H])[C@H](C)CC[C@@]([2H])(C(C)C)[C@@]1([2H])O. The molecule has 0 aromatic carbocycles. The lowest BCUT2D eigenvalue weighted by atomic mass is 9.75. The maximum atomic E-state index is 10.1. The van der Waals surface area contributed by atoms with E-state index in [0.29, 0.717) is 12.8 Å². The van der Waals surface area contributed by atoms with Crippen LogP contribution in [0, 0.1) is 17.7 Å². The van der Waals surface area contributed by atoms with Gasteiger partial charge in [0.2, 0.25) is 0 Å². The Morgan fingerprint density at radius 3 is 2.73 bits per heavy atom. The number of hydrogen-bond donors (Lipinski definition) is 1. The Bertz CT molecular complexity index is 252. The fraction of sp³-hybridized carbons (Fsp3) is 1.00. The van der Waals surface area contributed by atoms with Crippen LogP contribution in [-0.4, -0.2) is 11.2 Å². The Balaban J connectivity index is 3.16. The van der Waals surface area contributed by atoms with Crippen molar-refractivity contribution in [1.29, 1.82) is 0 Å². The summed E-state index contributed by atoms with van der Waals surface area (Å²) in [6.07, 6.45) is -3.41. The maximum absolute atomic E-state index is 10.1. The van der Waals surface area contributed by atoms with Crippen LogP contribution in [0.25, 0.3) is 0 Å². The zero-order valence-electron chi connectivity index (χ0n) is 11.5. The van der Waals surface area contributed by atoms with Gasteiger partial charge in [-0.3, -0.25) is 0 Å². The predicted octanol–water partition coefficient (Wildman–Crippen LogP) is 2.44. The molecule has 1 N–H and O–H groups in total. The van der Waals surface area contributed by atoms with Crippen LogP contribution in [-0.2, 0) is 0 Å². The molecule has 1 nitrogen and oxygen atoms in total. The summed E-state index contributed by atoms with van der Waals surface area (Å²) in [7, 11) is 0. The second-order valence-electron chi connectivity index (χ2n) is 3.61. The van der Waals surface area contributed by atoms with E-state index in [-0.39, 0.29) is 11.8 Å². The van der Waals surface area contributed by atoms with E-state index in [1.807, 2.05) is 0 Å². The first-order valence-corrected chi connectivity index (χ1v) is 4.29. The Hall–Kier alpha value is -0.0400. The van der Waals surface area contributed by atoms with Crippen LogP contribution in [0.2, 0.25) is 0 Å². The number of hydrogen-bond acceptors (Lipinski definition) is 1. The molecule has 1 rings (SSSR count). The Labute approximate surface area is 75.4 Å². The largest absolute Gasteiger partial charge is 0.393 e. The van der Waals surface area contributed by atoms with Gasteiger partial charge in [0.05, 0.1) is 7.45 Å². The summed E-state index contributed by atoms with van der Waals surface area (Å²) in [4.78, 5) is 0. The van der Waals surface area contributed by atoms with Gasteiger partial charge in [0.25, 0.3) is 0 Å². The molecule has 0 aromatic rings. The van der Waals surface area contributed by atoms with Gasteiger partial charge in [-0.25, -0.2) is 0 Å². The summed E-state index contributed by atoms with van der Waals surface area (Å²) < 4.78 is 31.6. The first kappa shape index (κ1) is 4.86. The van der Waals surface area contributed by atoms with Crippen LogP contribution in [0.15, 0.2) is 0 Å². The molecule has 0 heterocycles. The van der Waals surface area contributed by atoms with Crippen molar-refractivity contribution in [3.05, 3.63) is 0 Å². The predicted molar refractivity (Wildman–Crippen MR) is 47.3 cm³/mol. The van der Waals surface area contributed by atoms with Crippen molar-refractivity contribution >= 4 is 0 Å². The van der Waals surface area contributed by atoms with Crippen LogP contribution in [0.1, 0.15) is 45.5 Å². The molecule has 11 heavy (non-hydrogen) atoms. The standard InChI is InChI=1S/C10H20O/c1-7(2)9-5-4-8(3)6-10(9)11/h7-11H,4-6H2,1-3H3/t8-,9+,10+/m1/s1/i6D2,9D,10D. The average Bonchev–Trinajstić information content (AvgIpc) is 2.10. The molecule has 1 fully saturated rings. The van der Waals surface area contributed by atoms with Gasteiger partial charge in [-0.1, -0.05) is 27.2 Å². The van der Waals surface area contributed by atoms with E-state index >= 15 is 0 Å². The van der Waals surface area contributed by atoms with Gasteiger partial charge in [0.1, 0.15) is 0 Å². The molecule has 0 saturated heterocycles. The molecule has 1 heteroatoms. The van der Waals surface area contributed by atoms with Crippen molar-refractivity contribution in [2.45, 2.75) is 46.1 Å². The molecule has 0 unspecified atom stereocenters. The van der Waals surface area contributed by atoms with Gasteiger partial charge in [0.15, 0.2) is 0 Å². The highest BCUT2D eigenvalue weighted by atomic mass is 16.3. The van der Waals surface area contributed by atoms with E-state index in [4.69, 9.17) is 5.48 Å². The summed E-state index contributed by atoms with van der Waals surface area (Å²) in [6, 6.07) is 0. The van der Waals surface area contributed by atoms with E-state index in [1.54, 1.807) is 20.8 Å². The highest BCUT2D eigenvalue weighted by molar-refractivity contribution is 4.79. The van der Waals surface area contributed by atoms with Crippen molar-refractivity contribution in [1.82, 2.24) is 0 Å². The van der Waals surface area contributed by atoms with Crippen molar-refractivity contribution < 1.29 is 10.6 Å². The number of aliphatic hydroxyl groups is 1. The highest BCUT2D eigenvalue weighted by Crippen LogP contribution is 2.33. The summed E-state index contributed by atoms with van der Waals surface area (Å²) in [5, 5.41) is 10.1. The van der Waals surface area contributed by atoms with Crippen LogP contribution in [0.5, 0.6) is 0 Å². The minimum absolute atomic E-state index is 0.234. The molecule has 0 radical (unpaired) electrons. The maximum Gasteiger partial charge on any atom is 0.0604 e. The zero-order chi connectivity index (χ0) is 12.1. The summed E-state index contributed by atoms with van der Waals surface area (Å²) in [6.45, 7) is 5.22. The van der Waals surface area contributed by atoms with Gasteiger partial charge in [-0.2, -0.15) is 0 Å². The van der Waals surface area contributed by atoms with Crippen molar-refractivity contribution in [2.24, 2.45) is 17.7 Å². The van der Waals surface area contributed by atoms with E-state index in [1.165, 1.54) is 0 Å². The molecular formula is C10H20O. The molecule has 1 aliphatic rings. The van der Waals surface area contributed by atoms with Gasteiger partial charge >= 0.3 is 0 Å². The molecule has 1 aliphatic carbocycles. The Morgan fingerprint density at radius 2 is 2.18 bits per heavy atom. The van der Waals surface area contributed by atoms with E-state index in [2.05, 4.69) is 0 Å². The van der Waals surface area contributed by atoms with Gasteiger partial charge in [-0.15, -0.1) is 0 Å². The molecular weight excluding hydrogens is 136 g/mol. The lowest BCUT2D eigenvalue weighted by Gasteiger charge is -2.33. The molecule has 0 aromatic heterocycles. The molecule has 0 aliphatic heterocycles. The van der Waals surface area contributed by atoms with Gasteiger partial charge < -0.3 is 5.11 Å². The van der Waals surface area contributed by atoms with Crippen LogP contribution in [0.3, 0.4) is 0 Å². The smallest absolute Gasteiger partial charge is 0.0604 e. The number of rotatable bonds is 1. The van der Waals surface area contributed by atoms with Crippen molar-refractivity contribution in [3.8, 4) is 0 Å². The third-order valence-electron chi connectivity index (χ3n) is 2.23. The summed E-state index contributed by atoms with van der Waals surface area (Å²) in [5.41, 5.74) is 0. The first-order valence-electron chi connectivity index (χ1n) is 6.29. The monoisotopic (exact) mass is 160 g/mol. The van der Waals surface area contributed by atoms with Crippen LogP contribution in [0.4, 0.5) is 0 Å². The molecule has 66 valence electrons. The van der Waals surface area contributed by atoms with Crippen molar-refractivity contribution in [3.63, 3.8) is 0 Å².